The van der Waals surface area contributed by atoms with Gasteiger partial charge < -0.3 is 9.47 Å². The van der Waals surface area contributed by atoms with E-state index in [1.165, 1.54) is 12.5 Å². The molecule has 0 atom stereocenters. The molecular formula is C4H2O2. The Morgan fingerprint density at radius 3 is 1.67 bits per heavy atom. The Morgan fingerprint density at radius 1 is 1.00 bits per heavy atom. The van der Waals surface area contributed by atoms with Crippen molar-refractivity contribution in [3.05, 3.63) is 25.7 Å². The molecule has 6 heavy (non-hydrogen) atoms. The minimum atomic E-state index is 1.37. The third kappa shape index (κ3) is 0.641. The number of hydrogen-bond donors (Lipinski definition) is 0. The van der Waals surface area contributed by atoms with Crippen LogP contribution in [0.2, 0.25) is 0 Å². The van der Waals surface area contributed by atoms with E-state index in [-0.39, 0.29) is 0 Å². The molecular weight excluding hydrogens is 80.0 g/mol. The zero-order chi connectivity index (χ0) is 4.24. The maximum atomic E-state index is 4.40. The number of rotatable bonds is 0. The summed E-state index contributed by atoms with van der Waals surface area (Å²) >= 11 is 0. The van der Waals surface area contributed by atoms with Crippen LogP contribution in [0.15, 0.2) is 12.5 Å². The SMILES string of the molecule is [C]1[C]OC=CO1. The standard InChI is InChI=1S/C4H2O2/c1-2-6-4-3-5-1/h1-2H. The van der Waals surface area contributed by atoms with E-state index in [2.05, 4.69) is 22.7 Å². The van der Waals surface area contributed by atoms with Gasteiger partial charge in [-0.2, -0.15) is 0 Å². The molecule has 0 aliphatic carbocycles. The molecule has 1 rings (SSSR count). The van der Waals surface area contributed by atoms with Gasteiger partial charge in [-0.25, -0.2) is 0 Å². The van der Waals surface area contributed by atoms with Crippen molar-refractivity contribution in [1.29, 1.82) is 0 Å². The van der Waals surface area contributed by atoms with Crippen LogP contribution in [-0.4, -0.2) is 0 Å². The van der Waals surface area contributed by atoms with Crippen LogP contribution in [-0.2, 0) is 9.47 Å². The fraction of sp³-hybridized carbons (Fsp3) is 0. The summed E-state index contributed by atoms with van der Waals surface area (Å²) in [5.74, 6) is 0. The van der Waals surface area contributed by atoms with Crippen molar-refractivity contribution in [2.24, 2.45) is 0 Å². The third-order valence-electron chi connectivity index (χ3n) is 0.351. The highest BCUT2D eigenvalue weighted by molar-refractivity contribution is 4.78. The second-order valence-corrected chi connectivity index (χ2v) is 0.712. The summed E-state index contributed by atoms with van der Waals surface area (Å²) < 4.78 is 8.81. The molecule has 0 aromatic heterocycles. The third-order valence-corrected chi connectivity index (χ3v) is 0.351. The molecule has 2 heteroatoms. The molecule has 1 heterocycles. The monoisotopic (exact) mass is 82.0 g/mol. The van der Waals surface area contributed by atoms with Crippen LogP contribution in [0.25, 0.3) is 0 Å². The van der Waals surface area contributed by atoms with E-state index in [1.807, 2.05) is 0 Å². The molecule has 0 spiro atoms. The highest BCUT2D eigenvalue weighted by atomic mass is 16.5. The van der Waals surface area contributed by atoms with E-state index < -0.39 is 0 Å². The largest absolute Gasteiger partial charge is 0.478 e. The Labute approximate surface area is 36.4 Å². The van der Waals surface area contributed by atoms with Gasteiger partial charge in [-0.1, -0.05) is 0 Å². The molecule has 0 amide bonds. The predicted octanol–water partition coefficient (Wildman–Crippen LogP) is 0.582. The molecule has 0 fully saturated rings. The van der Waals surface area contributed by atoms with Crippen LogP contribution in [0, 0.1) is 13.2 Å². The van der Waals surface area contributed by atoms with Crippen LogP contribution < -0.4 is 0 Å². The molecule has 0 N–H and O–H groups in total. The second-order valence-electron chi connectivity index (χ2n) is 0.712. The predicted molar refractivity (Wildman–Crippen MR) is 17.8 cm³/mol. The van der Waals surface area contributed by atoms with Crippen molar-refractivity contribution in [3.63, 3.8) is 0 Å². The summed E-state index contributed by atoms with van der Waals surface area (Å²) in [6.45, 7) is 4.45. The fourth-order valence-electron chi connectivity index (χ4n) is 0.172. The molecule has 4 radical (unpaired) electrons. The Kier molecular flexibility index (Phi) is 0.998. The maximum Gasteiger partial charge on any atom is 0.252 e. The van der Waals surface area contributed by atoms with E-state index in [0.717, 1.165) is 0 Å². The summed E-state index contributed by atoms with van der Waals surface area (Å²) in [6, 6.07) is 0. The molecule has 2 nitrogen and oxygen atoms in total. The van der Waals surface area contributed by atoms with Gasteiger partial charge in [0.2, 0.25) is 0 Å². The lowest BCUT2D eigenvalue weighted by molar-refractivity contribution is 0.209. The first-order valence-electron chi connectivity index (χ1n) is 1.46. The molecule has 0 saturated heterocycles. The molecule has 0 aromatic rings. The van der Waals surface area contributed by atoms with Crippen LogP contribution in [0.5, 0.6) is 0 Å². The van der Waals surface area contributed by atoms with E-state index in [9.17, 15) is 0 Å². The molecule has 0 bridgehead atoms. The van der Waals surface area contributed by atoms with Gasteiger partial charge >= 0.3 is 0 Å². The van der Waals surface area contributed by atoms with Gasteiger partial charge in [-0.3, -0.25) is 0 Å². The molecule has 0 saturated carbocycles. The quantitative estimate of drug-likeness (QED) is 0.425. The van der Waals surface area contributed by atoms with Gasteiger partial charge in [0.25, 0.3) is 13.2 Å². The number of hydrogen-bond acceptors (Lipinski definition) is 2. The Hall–Kier alpha value is -0.660. The van der Waals surface area contributed by atoms with Crippen molar-refractivity contribution in [2.75, 3.05) is 0 Å². The fourth-order valence-corrected chi connectivity index (χ4v) is 0.172. The average molecular weight is 82.1 g/mol. The van der Waals surface area contributed by atoms with Crippen LogP contribution in [0.4, 0.5) is 0 Å². The van der Waals surface area contributed by atoms with Gasteiger partial charge in [-0.05, 0) is 0 Å². The minimum absolute atomic E-state index is 1.37. The first kappa shape index (κ1) is 3.53. The van der Waals surface area contributed by atoms with Gasteiger partial charge in [-0.15, -0.1) is 0 Å². The van der Waals surface area contributed by atoms with E-state index in [1.54, 1.807) is 0 Å². The van der Waals surface area contributed by atoms with Crippen molar-refractivity contribution >= 4 is 0 Å². The Morgan fingerprint density at radius 2 is 1.50 bits per heavy atom. The summed E-state index contributed by atoms with van der Waals surface area (Å²) in [5, 5.41) is 0. The Balaban J connectivity index is 2.26. The summed E-state index contributed by atoms with van der Waals surface area (Å²) in [6.07, 6.45) is 2.74. The normalized spacial score (nSPS) is 18.7. The van der Waals surface area contributed by atoms with Gasteiger partial charge in [0.1, 0.15) is 12.5 Å². The summed E-state index contributed by atoms with van der Waals surface area (Å²) in [4.78, 5) is 0. The van der Waals surface area contributed by atoms with Gasteiger partial charge in [0.15, 0.2) is 0 Å². The van der Waals surface area contributed by atoms with Gasteiger partial charge in [0.05, 0.1) is 0 Å². The second kappa shape index (κ2) is 1.70. The molecule has 0 unspecified atom stereocenters. The van der Waals surface area contributed by atoms with E-state index in [0.29, 0.717) is 0 Å². The van der Waals surface area contributed by atoms with Crippen molar-refractivity contribution in [2.45, 2.75) is 0 Å². The van der Waals surface area contributed by atoms with Gasteiger partial charge in [0, 0.05) is 0 Å². The highest BCUT2D eigenvalue weighted by Crippen LogP contribution is 1.97. The molecule has 30 valence electrons. The zero-order valence-corrected chi connectivity index (χ0v) is 2.97. The molecule has 1 aliphatic rings. The Bertz CT molecular complexity index is 50.6. The van der Waals surface area contributed by atoms with Crippen LogP contribution >= 0.6 is 0 Å². The van der Waals surface area contributed by atoms with Crippen LogP contribution in [0.1, 0.15) is 0 Å². The first-order chi connectivity index (χ1) is 3.00. The van der Waals surface area contributed by atoms with Crippen molar-refractivity contribution in [1.82, 2.24) is 0 Å². The summed E-state index contributed by atoms with van der Waals surface area (Å²) in [7, 11) is 0. The van der Waals surface area contributed by atoms with Crippen LogP contribution in [0.3, 0.4) is 0 Å². The first-order valence-corrected chi connectivity index (χ1v) is 1.46. The minimum Gasteiger partial charge on any atom is -0.478 e. The topological polar surface area (TPSA) is 18.5 Å². The average Bonchev–Trinajstić information content (AvgIpc) is 1.72. The lowest BCUT2D eigenvalue weighted by Crippen LogP contribution is -1.87. The number of ether oxygens (including phenoxy) is 2. The summed E-state index contributed by atoms with van der Waals surface area (Å²) in [5.41, 5.74) is 0. The lowest BCUT2D eigenvalue weighted by atomic mass is 10.7. The van der Waals surface area contributed by atoms with E-state index in [4.69, 9.17) is 0 Å². The van der Waals surface area contributed by atoms with Crippen molar-refractivity contribution < 1.29 is 9.47 Å². The van der Waals surface area contributed by atoms with E-state index >= 15 is 0 Å². The lowest BCUT2D eigenvalue weighted by Gasteiger charge is -1.99. The highest BCUT2D eigenvalue weighted by Gasteiger charge is 1.93. The zero-order valence-electron chi connectivity index (χ0n) is 2.97. The smallest absolute Gasteiger partial charge is 0.252 e. The van der Waals surface area contributed by atoms with Crippen molar-refractivity contribution in [3.8, 4) is 0 Å². The molecule has 0 aromatic carbocycles. The molecule has 1 aliphatic heterocycles. The maximum absolute atomic E-state index is 4.40.